The molecule has 0 aliphatic carbocycles. The molecule has 1 aliphatic heterocycles. The minimum Gasteiger partial charge on any atom is -0.483 e. The van der Waals surface area contributed by atoms with E-state index in [0.29, 0.717) is 5.92 Å². The predicted molar refractivity (Wildman–Crippen MR) is 120 cm³/mol. The molecule has 6 nitrogen and oxygen atoms in total. The van der Waals surface area contributed by atoms with Crippen LogP contribution in [-0.2, 0) is 9.59 Å². The lowest BCUT2D eigenvalue weighted by molar-refractivity contribution is -0.122. The van der Waals surface area contributed by atoms with Crippen LogP contribution in [0.1, 0.15) is 43.7 Å². The van der Waals surface area contributed by atoms with Crippen LogP contribution in [0.4, 0.5) is 11.4 Å². The van der Waals surface area contributed by atoms with Crippen molar-refractivity contribution in [2.75, 3.05) is 29.9 Å². The summed E-state index contributed by atoms with van der Waals surface area (Å²) in [6.45, 7) is 7.65. The van der Waals surface area contributed by atoms with Crippen LogP contribution in [0, 0.1) is 12.8 Å². The Balaban J connectivity index is 1.63. The number of para-hydroxylation sites is 2. The van der Waals surface area contributed by atoms with Gasteiger partial charge in [0.05, 0.1) is 11.4 Å². The highest BCUT2D eigenvalue weighted by molar-refractivity contribution is 5.95. The van der Waals surface area contributed by atoms with Gasteiger partial charge in [-0.3, -0.25) is 9.59 Å². The fourth-order valence-corrected chi connectivity index (χ4v) is 3.72. The lowest BCUT2D eigenvalue weighted by Crippen LogP contribution is -2.39. The molecule has 0 aromatic heterocycles. The number of primary amides is 1. The third kappa shape index (κ3) is 5.32. The minimum absolute atomic E-state index is 0.0551. The summed E-state index contributed by atoms with van der Waals surface area (Å²) < 4.78 is 5.81. The molecule has 6 heteroatoms. The second-order valence-electron chi connectivity index (χ2n) is 8.20. The van der Waals surface area contributed by atoms with Crippen LogP contribution in [0.3, 0.4) is 0 Å². The fraction of sp³-hybridized carbons (Fsp3) is 0.417. The van der Waals surface area contributed by atoms with E-state index in [0.717, 1.165) is 48.6 Å². The van der Waals surface area contributed by atoms with Crippen molar-refractivity contribution in [2.24, 2.45) is 11.7 Å². The summed E-state index contributed by atoms with van der Waals surface area (Å²) >= 11 is 0. The van der Waals surface area contributed by atoms with Crippen molar-refractivity contribution in [3.63, 3.8) is 0 Å². The molecule has 0 unspecified atom stereocenters. The van der Waals surface area contributed by atoms with Crippen molar-refractivity contribution in [1.29, 1.82) is 0 Å². The van der Waals surface area contributed by atoms with Crippen LogP contribution in [-0.4, -0.2) is 31.5 Å². The summed E-state index contributed by atoms with van der Waals surface area (Å²) in [5.74, 6) is 0.626. The Kier molecular flexibility index (Phi) is 6.98. The first-order chi connectivity index (χ1) is 14.3. The van der Waals surface area contributed by atoms with Crippen molar-refractivity contribution in [3.8, 4) is 5.75 Å². The monoisotopic (exact) mass is 409 g/mol. The van der Waals surface area contributed by atoms with Gasteiger partial charge in [0.15, 0.2) is 6.61 Å². The highest BCUT2D eigenvalue weighted by atomic mass is 16.5. The average Bonchev–Trinajstić information content (AvgIpc) is 2.73. The number of benzene rings is 2. The van der Waals surface area contributed by atoms with E-state index in [1.165, 1.54) is 5.56 Å². The number of nitrogens with zero attached hydrogens (tertiary/aromatic N) is 1. The lowest BCUT2D eigenvalue weighted by Gasteiger charge is -2.33. The highest BCUT2D eigenvalue weighted by Crippen LogP contribution is 2.30. The van der Waals surface area contributed by atoms with Crippen molar-refractivity contribution >= 4 is 23.2 Å². The molecule has 2 aromatic carbocycles. The Morgan fingerprint density at radius 2 is 1.87 bits per heavy atom. The predicted octanol–water partition coefficient (Wildman–Crippen LogP) is 3.84. The Bertz CT molecular complexity index is 902. The van der Waals surface area contributed by atoms with E-state index in [4.69, 9.17) is 10.5 Å². The lowest BCUT2D eigenvalue weighted by atomic mass is 9.96. The van der Waals surface area contributed by atoms with E-state index >= 15 is 0 Å². The van der Waals surface area contributed by atoms with Crippen molar-refractivity contribution < 1.29 is 14.3 Å². The number of anilines is 2. The van der Waals surface area contributed by atoms with Crippen molar-refractivity contribution in [1.82, 2.24) is 0 Å². The molecule has 3 rings (SSSR count). The van der Waals surface area contributed by atoms with Crippen LogP contribution < -0.4 is 20.7 Å². The molecule has 160 valence electrons. The number of rotatable bonds is 7. The van der Waals surface area contributed by atoms with Gasteiger partial charge in [-0.05, 0) is 55.0 Å². The molecule has 0 radical (unpaired) electrons. The molecule has 2 aromatic rings. The number of amides is 2. The first-order valence-corrected chi connectivity index (χ1v) is 10.5. The number of piperidine rings is 1. The number of hydrogen-bond donors (Lipinski definition) is 2. The maximum absolute atomic E-state index is 12.6. The van der Waals surface area contributed by atoms with Gasteiger partial charge in [0.2, 0.25) is 5.91 Å². The second kappa shape index (κ2) is 9.65. The van der Waals surface area contributed by atoms with Crippen LogP contribution in [0.15, 0.2) is 42.5 Å². The molecule has 1 fully saturated rings. The molecule has 1 saturated heterocycles. The maximum Gasteiger partial charge on any atom is 0.262 e. The van der Waals surface area contributed by atoms with E-state index in [-0.39, 0.29) is 24.3 Å². The number of hydrogen-bond acceptors (Lipinski definition) is 4. The molecule has 0 bridgehead atoms. The molecule has 0 saturated carbocycles. The van der Waals surface area contributed by atoms with Gasteiger partial charge in [0.25, 0.3) is 5.91 Å². The first kappa shape index (κ1) is 21.7. The summed E-state index contributed by atoms with van der Waals surface area (Å²) in [5.41, 5.74) is 9.32. The van der Waals surface area contributed by atoms with Crippen molar-refractivity contribution in [2.45, 2.75) is 39.5 Å². The van der Waals surface area contributed by atoms with Crippen molar-refractivity contribution in [3.05, 3.63) is 53.6 Å². The Morgan fingerprint density at radius 3 is 2.53 bits per heavy atom. The summed E-state index contributed by atoms with van der Waals surface area (Å²) in [7, 11) is 0. The third-order valence-corrected chi connectivity index (χ3v) is 5.65. The number of nitrogens with two attached hydrogens (primary N) is 1. The van der Waals surface area contributed by atoms with E-state index in [2.05, 4.69) is 30.1 Å². The molecule has 2 amide bonds. The number of nitrogens with one attached hydrogen (secondary N) is 1. The fourth-order valence-electron chi connectivity index (χ4n) is 3.72. The minimum atomic E-state index is -0.231. The van der Waals surface area contributed by atoms with Gasteiger partial charge in [-0.1, -0.05) is 38.1 Å². The number of ether oxygens (including phenoxy) is 1. The average molecular weight is 410 g/mol. The molecule has 1 heterocycles. The molecule has 3 N–H and O–H groups in total. The molecule has 1 aliphatic rings. The molecule has 0 atom stereocenters. The quantitative estimate of drug-likeness (QED) is 0.728. The summed E-state index contributed by atoms with van der Waals surface area (Å²) in [5, 5.41) is 2.97. The van der Waals surface area contributed by atoms with E-state index in [1.54, 1.807) is 0 Å². The maximum atomic E-state index is 12.6. The standard InChI is InChI=1S/C24H31N3O3/c1-16(2)19-9-8-17(3)22(14-19)30-15-23(28)26-20-6-4-5-7-21(20)27-12-10-18(11-13-27)24(25)29/h4-9,14,16,18H,10-13,15H2,1-3H3,(H2,25,29)(H,26,28). The van der Waals surface area contributed by atoms with Crippen LogP contribution in [0.2, 0.25) is 0 Å². The van der Waals surface area contributed by atoms with E-state index in [1.807, 2.05) is 43.3 Å². The van der Waals surface area contributed by atoms with Gasteiger partial charge in [-0.2, -0.15) is 0 Å². The van der Waals surface area contributed by atoms with Gasteiger partial charge in [-0.15, -0.1) is 0 Å². The Morgan fingerprint density at radius 1 is 1.17 bits per heavy atom. The van der Waals surface area contributed by atoms with Gasteiger partial charge in [0.1, 0.15) is 5.75 Å². The van der Waals surface area contributed by atoms with Crippen LogP contribution >= 0.6 is 0 Å². The largest absolute Gasteiger partial charge is 0.483 e. The number of aryl methyl sites for hydroxylation is 1. The normalized spacial score (nSPS) is 14.6. The van der Waals surface area contributed by atoms with Crippen LogP contribution in [0.25, 0.3) is 0 Å². The summed E-state index contributed by atoms with van der Waals surface area (Å²) in [6, 6.07) is 13.8. The third-order valence-electron chi connectivity index (χ3n) is 5.65. The topological polar surface area (TPSA) is 84.7 Å². The molecule has 0 spiro atoms. The van der Waals surface area contributed by atoms with Gasteiger partial charge >= 0.3 is 0 Å². The SMILES string of the molecule is Cc1ccc(C(C)C)cc1OCC(=O)Nc1ccccc1N1CCC(C(N)=O)CC1. The smallest absolute Gasteiger partial charge is 0.262 e. The highest BCUT2D eigenvalue weighted by Gasteiger charge is 2.24. The summed E-state index contributed by atoms with van der Waals surface area (Å²) in [6.07, 6.45) is 1.46. The van der Waals surface area contributed by atoms with E-state index in [9.17, 15) is 9.59 Å². The molecular weight excluding hydrogens is 378 g/mol. The Labute approximate surface area is 178 Å². The number of carbonyl (C=O) groups is 2. The number of carbonyl (C=O) groups excluding carboxylic acids is 2. The zero-order valence-electron chi connectivity index (χ0n) is 18.0. The van der Waals surface area contributed by atoms with Gasteiger partial charge in [0, 0.05) is 19.0 Å². The second-order valence-corrected chi connectivity index (χ2v) is 8.20. The zero-order valence-corrected chi connectivity index (χ0v) is 18.0. The first-order valence-electron chi connectivity index (χ1n) is 10.5. The molecule has 30 heavy (non-hydrogen) atoms. The van der Waals surface area contributed by atoms with E-state index < -0.39 is 0 Å². The van der Waals surface area contributed by atoms with Gasteiger partial charge < -0.3 is 20.7 Å². The Hall–Kier alpha value is -3.02. The van der Waals surface area contributed by atoms with Crippen LogP contribution in [0.5, 0.6) is 5.75 Å². The molecular formula is C24H31N3O3. The zero-order chi connectivity index (χ0) is 21.7. The van der Waals surface area contributed by atoms with Gasteiger partial charge in [-0.25, -0.2) is 0 Å². The summed E-state index contributed by atoms with van der Waals surface area (Å²) in [4.78, 5) is 26.2.